The Kier molecular flexibility index (Phi) is 5.07. The van der Waals surface area contributed by atoms with E-state index in [1.807, 2.05) is 18.2 Å². The van der Waals surface area contributed by atoms with E-state index in [0.29, 0.717) is 6.61 Å². The highest BCUT2D eigenvalue weighted by atomic mass is 127. The highest BCUT2D eigenvalue weighted by Gasteiger charge is 2.00. The molecule has 4 heteroatoms. The summed E-state index contributed by atoms with van der Waals surface area (Å²) in [5, 5.41) is 3.27. The maximum absolute atomic E-state index is 5.71. The molecule has 0 unspecified atom stereocenters. The van der Waals surface area contributed by atoms with Crippen molar-refractivity contribution in [2.45, 2.75) is 13.5 Å². The first-order chi connectivity index (χ1) is 8.75. The molecule has 1 N–H and O–H groups in total. The van der Waals surface area contributed by atoms with Crippen LogP contribution in [0.4, 0.5) is 0 Å². The van der Waals surface area contributed by atoms with Crippen molar-refractivity contribution in [3.63, 3.8) is 0 Å². The minimum atomic E-state index is 0.655. The zero-order chi connectivity index (χ0) is 12.8. The molecule has 2 aromatic rings. The van der Waals surface area contributed by atoms with Crippen molar-refractivity contribution in [2.24, 2.45) is 0 Å². The second kappa shape index (κ2) is 6.80. The monoisotopic (exact) mass is 357 g/mol. The summed E-state index contributed by atoms with van der Waals surface area (Å²) in [6.45, 7) is 4.25. The lowest BCUT2D eigenvalue weighted by atomic mass is 10.2. The van der Waals surface area contributed by atoms with E-state index in [2.05, 4.69) is 47.0 Å². The van der Waals surface area contributed by atoms with E-state index in [9.17, 15) is 0 Å². The van der Waals surface area contributed by atoms with Crippen molar-refractivity contribution in [3.05, 3.63) is 51.5 Å². The second-order valence-electron chi connectivity index (χ2n) is 4.01. The summed E-state index contributed by atoms with van der Waals surface area (Å²) >= 11 is 2.30. The Hall–Kier alpha value is -1.01. The first kappa shape index (κ1) is 13.4. The summed E-state index contributed by atoms with van der Waals surface area (Å²) in [5.74, 6) is 1.90. The quantitative estimate of drug-likeness (QED) is 0.636. The Morgan fingerprint density at radius 2 is 2.22 bits per heavy atom. The van der Waals surface area contributed by atoms with Crippen molar-refractivity contribution in [1.29, 1.82) is 0 Å². The zero-order valence-electron chi connectivity index (χ0n) is 10.3. The Morgan fingerprint density at radius 1 is 1.33 bits per heavy atom. The van der Waals surface area contributed by atoms with Gasteiger partial charge >= 0.3 is 0 Å². The van der Waals surface area contributed by atoms with Crippen LogP contribution < -0.4 is 10.1 Å². The maximum Gasteiger partial charge on any atom is 0.122 e. The molecule has 1 aromatic carbocycles. The van der Waals surface area contributed by atoms with E-state index < -0.39 is 0 Å². The summed E-state index contributed by atoms with van der Waals surface area (Å²) in [6.07, 6.45) is 1.68. The van der Waals surface area contributed by atoms with Gasteiger partial charge in [-0.15, -0.1) is 0 Å². The molecule has 0 aliphatic heterocycles. The van der Waals surface area contributed by atoms with Crippen LogP contribution in [-0.4, -0.2) is 13.2 Å². The van der Waals surface area contributed by atoms with Crippen LogP contribution in [0.25, 0.3) is 0 Å². The molecule has 0 amide bonds. The Bertz CT molecular complexity index is 483. The van der Waals surface area contributed by atoms with Crippen LogP contribution in [0.15, 0.2) is 41.0 Å². The first-order valence-corrected chi connectivity index (χ1v) is 6.95. The highest BCUT2D eigenvalue weighted by Crippen LogP contribution is 2.19. The summed E-state index contributed by atoms with van der Waals surface area (Å²) in [6, 6.07) is 10.0. The van der Waals surface area contributed by atoms with Crippen LogP contribution in [0.1, 0.15) is 11.3 Å². The number of hydrogen-bond donors (Lipinski definition) is 1. The summed E-state index contributed by atoms with van der Waals surface area (Å²) in [7, 11) is 0. The Balaban J connectivity index is 1.69. The predicted octanol–water partition coefficient (Wildman–Crippen LogP) is 3.36. The molecule has 96 valence electrons. The molecule has 0 aliphatic carbocycles. The number of rotatable bonds is 6. The molecule has 0 spiro atoms. The molecule has 0 saturated carbocycles. The fraction of sp³-hybridized carbons (Fsp3) is 0.286. The molecule has 0 radical (unpaired) electrons. The van der Waals surface area contributed by atoms with Crippen molar-refractivity contribution >= 4 is 22.6 Å². The smallest absolute Gasteiger partial charge is 0.122 e. The molecular weight excluding hydrogens is 341 g/mol. The average molecular weight is 357 g/mol. The fourth-order valence-corrected chi connectivity index (χ4v) is 2.28. The minimum absolute atomic E-state index is 0.655. The van der Waals surface area contributed by atoms with E-state index in [-0.39, 0.29) is 0 Å². The van der Waals surface area contributed by atoms with Crippen LogP contribution in [0.3, 0.4) is 0 Å². The molecule has 0 bridgehead atoms. The molecule has 0 atom stereocenters. The predicted molar refractivity (Wildman–Crippen MR) is 79.8 cm³/mol. The van der Waals surface area contributed by atoms with Gasteiger partial charge in [-0.2, -0.15) is 0 Å². The lowest BCUT2D eigenvalue weighted by Gasteiger charge is -2.09. The van der Waals surface area contributed by atoms with E-state index in [4.69, 9.17) is 9.15 Å². The molecule has 1 heterocycles. The van der Waals surface area contributed by atoms with Crippen LogP contribution in [0, 0.1) is 10.5 Å². The molecule has 0 saturated heterocycles. The minimum Gasteiger partial charge on any atom is -0.492 e. The number of hydrogen-bond acceptors (Lipinski definition) is 3. The van der Waals surface area contributed by atoms with Crippen molar-refractivity contribution < 1.29 is 9.15 Å². The SMILES string of the molecule is Cc1cc(I)ccc1OCCNCc1ccco1. The van der Waals surface area contributed by atoms with Gasteiger partial charge in [-0.1, -0.05) is 0 Å². The van der Waals surface area contributed by atoms with Gasteiger partial charge < -0.3 is 14.5 Å². The normalized spacial score (nSPS) is 10.6. The lowest BCUT2D eigenvalue weighted by Crippen LogP contribution is -2.20. The lowest BCUT2D eigenvalue weighted by molar-refractivity contribution is 0.309. The molecule has 2 rings (SSSR count). The number of aryl methyl sites for hydroxylation is 1. The number of ether oxygens (including phenoxy) is 1. The van der Waals surface area contributed by atoms with Crippen molar-refractivity contribution in [3.8, 4) is 5.75 Å². The molecule has 1 aromatic heterocycles. The highest BCUT2D eigenvalue weighted by molar-refractivity contribution is 14.1. The van der Waals surface area contributed by atoms with Gasteiger partial charge in [-0.25, -0.2) is 0 Å². The second-order valence-corrected chi connectivity index (χ2v) is 5.26. The van der Waals surface area contributed by atoms with E-state index in [1.54, 1.807) is 6.26 Å². The van der Waals surface area contributed by atoms with Crippen LogP contribution in [0.2, 0.25) is 0 Å². The molecule has 18 heavy (non-hydrogen) atoms. The van der Waals surface area contributed by atoms with Gasteiger partial charge in [0, 0.05) is 10.1 Å². The van der Waals surface area contributed by atoms with Gasteiger partial charge in [0.25, 0.3) is 0 Å². The summed E-state index contributed by atoms with van der Waals surface area (Å²) in [5.41, 5.74) is 1.17. The number of halogens is 1. The Labute approximate surface area is 121 Å². The van der Waals surface area contributed by atoms with Gasteiger partial charge in [0.2, 0.25) is 0 Å². The average Bonchev–Trinajstić information content (AvgIpc) is 2.84. The molecule has 3 nitrogen and oxygen atoms in total. The van der Waals surface area contributed by atoms with Crippen molar-refractivity contribution in [1.82, 2.24) is 5.32 Å². The van der Waals surface area contributed by atoms with Gasteiger partial charge in [0.05, 0.1) is 12.8 Å². The maximum atomic E-state index is 5.71. The Morgan fingerprint density at radius 3 is 2.94 bits per heavy atom. The molecule has 0 fully saturated rings. The largest absolute Gasteiger partial charge is 0.492 e. The zero-order valence-corrected chi connectivity index (χ0v) is 12.4. The third-order valence-electron chi connectivity index (χ3n) is 2.55. The topological polar surface area (TPSA) is 34.4 Å². The van der Waals surface area contributed by atoms with Gasteiger partial charge in [0.15, 0.2) is 0 Å². The first-order valence-electron chi connectivity index (χ1n) is 5.88. The number of furan rings is 1. The van der Waals surface area contributed by atoms with Gasteiger partial charge in [0.1, 0.15) is 18.1 Å². The van der Waals surface area contributed by atoms with E-state index in [1.165, 1.54) is 9.13 Å². The van der Waals surface area contributed by atoms with Crippen molar-refractivity contribution in [2.75, 3.05) is 13.2 Å². The van der Waals surface area contributed by atoms with E-state index in [0.717, 1.165) is 24.6 Å². The third-order valence-corrected chi connectivity index (χ3v) is 3.22. The summed E-state index contributed by atoms with van der Waals surface area (Å²) in [4.78, 5) is 0. The summed E-state index contributed by atoms with van der Waals surface area (Å²) < 4.78 is 12.2. The van der Waals surface area contributed by atoms with Crippen LogP contribution >= 0.6 is 22.6 Å². The van der Waals surface area contributed by atoms with Gasteiger partial charge in [-0.05, 0) is 65.4 Å². The van der Waals surface area contributed by atoms with Crippen LogP contribution in [-0.2, 0) is 6.54 Å². The standard InChI is InChI=1S/C14H16INO2/c1-11-9-12(15)4-5-14(11)18-8-6-16-10-13-3-2-7-17-13/h2-5,7,9,16H,6,8,10H2,1H3. The number of nitrogens with one attached hydrogen (secondary N) is 1. The molecular formula is C14H16INO2. The number of benzene rings is 1. The fourth-order valence-electron chi connectivity index (χ4n) is 1.63. The van der Waals surface area contributed by atoms with E-state index >= 15 is 0 Å². The third kappa shape index (κ3) is 4.03. The van der Waals surface area contributed by atoms with Gasteiger partial charge in [-0.3, -0.25) is 0 Å². The molecule has 0 aliphatic rings. The van der Waals surface area contributed by atoms with Crippen LogP contribution in [0.5, 0.6) is 5.75 Å².